The van der Waals surface area contributed by atoms with Crippen molar-refractivity contribution in [1.82, 2.24) is 16.0 Å². The lowest BCUT2D eigenvalue weighted by Gasteiger charge is -2.28. The lowest BCUT2D eigenvalue weighted by Crippen LogP contribution is -2.59. The van der Waals surface area contributed by atoms with Crippen LogP contribution in [0.5, 0.6) is 0 Å². The molecule has 0 bridgehead atoms. The molecule has 0 aromatic heterocycles. The highest BCUT2D eigenvalue weighted by molar-refractivity contribution is 5.95. The van der Waals surface area contributed by atoms with Gasteiger partial charge in [-0.3, -0.25) is 24.0 Å². The Hall–Kier alpha value is -3.26. The van der Waals surface area contributed by atoms with E-state index in [9.17, 15) is 33.9 Å². The number of hydrogen-bond acceptors (Lipinski definition) is 8. The first-order valence-corrected chi connectivity index (χ1v) is 10.2. The summed E-state index contributed by atoms with van der Waals surface area (Å²) >= 11 is 0. The predicted octanol–water partition coefficient (Wildman–Crippen LogP) is -2.38. The Labute approximate surface area is 189 Å². The number of nitrogens with two attached hydrogens (primary N) is 1. The zero-order valence-corrected chi connectivity index (χ0v) is 18.6. The molecule has 188 valence electrons. The Balaban J connectivity index is 5.63. The van der Waals surface area contributed by atoms with Crippen LogP contribution in [0.2, 0.25) is 0 Å². The second-order valence-corrected chi connectivity index (χ2v) is 7.63. The number of aliphatic carboxylic acids is 3. The lowest BCUT2D eigenvalue weighted by molar-refractivity contribution is -0.145. The Morgan fingerprint density at radius 2 is 1.36 bits per heavy atom. The van der Waals surface area contributed by atoms with E-state index in [0.29, 0.717) is 6.42 Å². The zero-order chi connectivity index (χ0) is 25.9. The monoisotopic (exact) mass is 476 g/mol. The molecule has 33 heavy (non-hydrogen) atoms. The number of amides is 3. The van der Waals surface area contributed by atoms with Crippen LogP contribution in [-0.2, 0) is 28.8 Å². The molecule has 0 saturated carbocycles. The molecule has 6 unspecified atom stereocenters. The van der Waals surface area contributed by atoms with Crippen molar-refractivity contribution in [3.63, 3.8) is 0 Å². The van der Waals surface area contributed by atoms with Crippen LogP contribution in [0, 0.1) is 5.92 Å². The SMILES string of the molecule is CCC(C)C(NC(=O)C(CCC(=O)O)NC(=O)C(N)CC(=O)O)C(=O)NC(C(=O)O)C(C)O. The number of aliphatic hydroxyl groups excluding tert-OH is 1. The van der Waals surface area contributed by atoms with E-state index >= 15 is 0 Å². The molecule has 0 aromatic carbocycles. The highest BCUT2D eigenvalue weighted by atomic mass is 16.4. The summed E-state index contributed by atoms with van der Waals surface area (Å²) in [4.78, 5) is 70.6. The van der Waals surface area contributed by atoms with Gasteiger partial charge in [-0.05, 0) is 19.3 Å². The number of carboxylic acid groups (broad SMARTS) is 3. The Morgan fingerprint density at radius 3 is 1.79 bits per heavy atom. The number of aliphatic hydroxyl groups is 1. The van der Waals surface area contributed by atoms with Crippen LogP contribution in [0.25, 0.3) is 0 Å². The van der Waals surface area contributed by atoms with Crippen molar-refractivity contribution >= 4 is 35.6 Å². The van der Waals surface area contributed by atoms with Crippen molar-refractivity contribution in [2.24, 2.45) is 11.7 Å². The van der Waals surface area contributed by atoms with Gasteiger partial charge in [-0.25, -0.2) is 4.79 Å². The summed E-state index contributed by atoms with van der Waals surface area (Å²) in [6, 6.07) is -5.88. The van der Waals surface area contributed by atoms with Crippen molar-refractivity contribution < 1.29 is 49.2 Å². The first-order chi connectivity index (χ1) is 15.2. The lowest BCUT2D eigenvalue weighted by atomic mass is 9.96. The summed E-state index contributed by atoms with van der Waals surface area (Å²) in [7, 11) is 0. The summed E-state index contributed by atoms with van der Waals surface area (Å²) in [5.41, 5.74) is 5.47. The minimum atomic E-state index is -1.64. The molecule has 0 spiro atoms. The third kappa shape index (κ3) is 10.7. The summed E-state index contributed by atoms with van der Waals surface area (Å²) in [5.74, 6) is -7.49. The Morgan fingerprint density at radius 1 is 0.818 bits per heavy atom. The maximum atomic E-state index is 12.8. The molecule has 0 radical (unpaired) electrons. The maximum Gasteiger partial charge on any atom is 0.328 e. The van der Waals surface area contributed by atoms with Gasteiger partial charge < -0.3 is 42.1 Å². The quantitative estimate of drug-likeness (QED) is 0.124. The van der Waals surface area contributed by atoms with Crippen LogP contribution in [0.3, 0.4) is 0 Å². The molecule has 0 saturated heterocycles. The topological polar surface area (TPSA) is 245 Å². The number of carbonyl (C=O) groups excluding carboxylic acids is 3. The fourth-order valence-electron chi connectivity index (χ4n) is 2.68. The molecule has 14 nitrogen and oxygen atoms in total. The molecule has 0 aliphatic heterocycles. The third-order valence-electron chi connectivity index (χ3n) is 4.85. The van der Waals surface area contributed by atoms with Gasteiger partial charge in [0, 0.05) is 6.42 Å². The van der Waals surface area contributed by atoms with Gasteiger partial charge in [0.2, 0.25) is 17.7 Å². The van der Waals surface area contributed by atoms with Crippen molar-refractivity contribution in [3.8, 4) is 0 Å². The maximum absolute atomic E-state index is 12.8. The van der Waals surface area contributed by atoms with Crippen LogP contribution >= 0.6 is 0 Å². The smallest absolute Gasteiger partial charge is 0.328 e. The summed E-state index contributed by atoms with van der Waals surface area (Å²) in [5, 5.41) is 43.1. The van der Waals surface area contributed by atoms with E-state index in [0.717, 1.165) is 6.92 Å². The zero-order valence-electron chi connectivity index (χ0n) is 18.6. The average Bonchev–Trinajstić information content (AvgIpc) is 2.70. The van der Waals surface area contributed by atoms with Crippen LogP contribution in [0.4, 0.5) is 0 Å². The van der Waals surface area contributed by atoms with Crippen LogP contribution in [-0.4, -0.2) is 86.3 Å². The fourth-order valence-corrected chi connectivity index (χ4v) is 2.68. The second kappa shape index (κ2) is 14.0. The van der Waals surface area contributed by atoms with E-state index in [4.69, 9.17) is 21.1 Å². The first-order valence-electron chi connectivity index (χ1n) is 10.2. The average molecular weight is 476 g/mol. The van der Waals surface area contributed by atoms with Gasteiger partial charge >= 0.3 is 17.9 Å². The molecule has 0 aliphatic carbocycles. The molecule has 9 N–H and O–H groups in total. The summed E-state index contributed by atoms with van der Waals surface area (Å²) in [6.07, 6.45) is -2.70. The van der Waals surface area contributed by atoms with E-state index in [1.165, 1.54) is 0 Å². The van der Waals surface area contributed by atoms with E-state index in [-0.39, 0.29) is 6.42 Å². The predicted molar refractivity (Wildman–Crippen MR) is 112 cm³/mol. The highest BCUT2D eigenvalue weighted by Gasteiger charge is 2.34. The molecule has 0 fully saturated rings. The highest BCUT2D eigenvalue weighted by Crippen LogP contribution is 2.10. The van der Waals surface area contributed by atoms with Gasteiger partial charge in [0.05, 0.1) is 18.6 Å². The van der Waals surface area contributed by atoms with Crippen molar-refractivity contribution in [2.45, 2.75) is 76.7 Å². The van der Waals surface area contributed by atoms with Gasteiger partial charge in [-0.1, -0.05) is 20.3 Å². The number of carboxylic acids is 3. The fraction of sp³-hybridized carbons (Fsp3) is 0.684. The summed E-state index contributed by atoms with van der Waals surface area (Å²) < 4.78 is 0. The molecule has 0 aromatic rings. The molecular weight excluding hydrogens is 444 g/mol. The normalized spacial score (nSPS) is 16.3. The van der Waals surface area contributed by atoms with E-state index < -0.39 is 84.7 Å². The van der Waals surface area contributed by atoms with E-state index in [2.05, 4.69) is 16.0 Å². The minimum absolute atomic E-state index is 0.375. The minimum Gasteiger partial charge on any atom is -0.481 e. The molecule has 0 heterocycles. The van der Waals surface area contributed by atoms with Crippen LogP contribution in [0.15, 0.2) is 0 Å². The van der Waals surface area contributed by atoms with Crippen LogP contribution < -0.4 is 21.7 Å². The van der Waals surface area contributed by atoms with Gasteiger partial charge in [0.25, 0.3) is 0 Å². The van der Waals surface area contributed by atoms with E-state index in [1.54, 1.807) is 13.8 Å². The van der Waals surface area contributed by atoms with Crippen molar-refractivity contribution in [3.05, 3.63) is 0 Å². The Kier molecular flexibility index (Phi) is 12.6. The molecule has 3 amide bonds. The third-order valence-corrected chi connectivity index (χ3v) is 4.85. The van der Waals surface area contributed by atoms with Gasteiger partial charge in [0.1, 0.15) is 12.1 Å². The molecule has 0 aliphatic rings. The van der Waals surface area contributed by atoms with Gasteiger partial charge in [0.15, 0.2) is 6.04 Å². The number of hydrogen-bond donors (Lipinski definition) is 8. The summed E-state index contributed by atoms with van der Waals surface area (Å²) in [6.45, 7) is 4.46. The van der Waals surface area contributed by atoms with Crippen molar-refractivity contribution in [2.75, 3.05) is 0 Å². The number of carbonyl (C=O) groups is 6. The molecule has 6 atom stereocenters. The second-order valence-electron chi connectivity index (χ2n) is 7.63. The van der Waals surface area contributed by atoms with Gasteiger partial charge in [-0.2, -0.15) is 0 Å². The number of nitrogens with one attached hydrogen (secondary N) is 3. The largest absolute Gasteiger partial charge is 0.481 e. The Bertz CT molecular complexity index is 742. The standard InChI is InChI=1S/C19H32N4O10/c1-4-8(2)14(18(31)23-15(9(3)24)19(32)33)22-17(30)11(5-6-12(25)26)21-16(29)10(20)7-13(27)28/h8-11,14-15,24H,4-7,20H2,1-3H3,(H,21,29)(H,22,30)(H,23,31)(H,25,26)(H,27,28)(H,32,33). The van der Waals surface area contributed by atoms with Crippen LogP contribution in [0.1, 0.15) is 46.5 Å². The first kappa shape index (κ1) is 29.7. The molecular formula is C19H32N4O10. The van der Waals surface area contributed by atoms with Gasteiger partial charge in [-0.15, -0.1) is 0 Å². The molecule has 14 heteroatoms. The molecule has 0 rings (SSSR count). The number of rotatable bonds is 15. The van der Waals surface area contributed by atoms with E-state index in [1.807, 2.05) is 0 Å². The van der Waals surface area contributed by atoms with Crippen molar-refractivity contribution in [1.29, 1.82) is 0 Å².